The molecule has 0 spiro atoms. The van der Waals surface area contributed by atoms with Crippen LogP contribution in [-0.4, -0.2) is 48.5 Å². The second kappa shape index (κ2) is 6.80. The third-order valence-electron chi connectivity index (χ3n) is 4.16. The Morgan fingerprint density at radius 2 is 2.25 bits per heavy atom. The van der Waals surface area contributed by atoms with Crippen LogP contribution in [0.2, 0.25) is 0 Å². The molecule has 0 bridgehead atoms. The third kappa shape index (κ3) is 3.53. The molecule has 1 amide bonds. The highest BCUT2D eigenvalue weighted by Crippen LogP contribution is 2.24. The van der Waals surface area contributed by atoms with Crippen LogP contribution in [0.5, 0.6) is 0 Å². The normalized spacial score (nSPS) is 19.5. The molecule has 0 aromatic carbocycles. The molecular weight excluding hydrogens is 332 g/mol. The second-order valence-corrected chi connectivity index (χ2v) is 8.19. The van der Waals surface area contributed by atoms with Crippen molar-refractivity contribution in [2.24, 2.45) is 0 Å². The molecule has 8 heteroatoms. The number of carbonyl (C=O) groups excluding carboxylic acids is 1. The summed E-state index contributed by atoms with van der Waals surface area (Å²) in [4.78, 5) is 14.4. The molecule has 0 aliphatic carbocycles. The fraction of sp³-hybridized carbons (Fsp3) is 0.500. The zero-order chi connectivity index (χ0) is 17.2. The molecule has 7 nitrogen and oxygen atoms in total. The number of hydrogen-bond donors (Lipinski definition) is 0. The minimum absolute atomic E-state index is 0.0192. The molecule has 0 saturated carbocycles. The summed E-state index contributed by atoms with van der Waals surface area (Å²) in [7, 11) is -3.06. The van der Waals surface area contributed by atoms with Gasteiger partial charge in [0.25, 0.3) is 5.91 Å². The van der Waals surface area contributed by atoms with Crippen molar-refractivity contribution in [2.45, 2.75) is 32.2 Å². The van der Waals surface area contributed by atoms with Crippen molar-refractivity contribution in [1.82, 2.24) is 10.1 Å². The number of sulfone groups is 1. The largest absolute Gasteiger partial charge is 0.461 e. The maximum atomic E-state index is 12.8. The molecule has 1 fully saturated rings. The fourth-order valence-corrected chi connectivity index (χ4v) is 4.59. The average Bonchev–Trinajstić information content (AvgIpc) is 3.26. The number of nitrogens with zero attached hydrogens (tertiary/aromatic N) is 2. The lowest BCUT2D eigenvalue weighted by atomic mass is 10.1. The van der Waals surface area contributed by atoms with E-state index in [1.54, 1.807) is 17.0 Å². The zero-order valence-electron chi connectivity index (χ0n) is 13.5. The lowest BCUT2D eigenvalue weighted by molar-refractivity contribution is 0.0683. The van der Waals surface area contributed by atoms with Gasteiger partial charge in [0.15, 0.2) is 21.3 Å². The number of furan rings is 1. The van der Waals surface area contributed by atoms with Gasteiger partial charge in [-0.2, -0.15) is 0 Å². The Labute approximate surface area is 140 Å². The van der Waals surface area contributed by atoms with E-state index in [9.17, 15) is 13.2 Å². The number of carbonyl (C=O) groups is 1. The molecule has 2 aromatic rings. The molecule has 3 rings (SSSR count). The van der Waals surface area contributed by atoms with Crippen LogP contribution in [0.3, 0.4) is 0 Å². The van der Waals surface area contributed by atoms with E-state index >= 15 is 0 Å². The zero-order valence-corrected chi connectivity index (χ0v) is 14.3. The summed E-state index contributed by atoms with van der Waals surface area (Å²) >= 11 is 0. The standard InChI is InChI=1S/C16H20N2O5S/c1-2-3-7-18(12-6-9-24(20,21)11-12)16(19)13-10-15(23-17-13)14-5-4-8-22-14/h4-5,8,10,12H,2-3,6-7,9,11H2,1H3. The summed E-state index contributed by atoms with van der Waals surface area (Å²) < 4.78 is 33.9. The summed E-state index contributed by atoms with van der Waals surface area (Å²) in [5, 5.41) is 3.83. The molecule has 1 aliphatic rings. The lowest BCUT2D eigenvalue weighted by Gasteiger charge is -2.27. The Morgan fingerprint density at radius 3 is 2.88 bits per heavy atom. The lowest BCUT2D eigenvalue weighted by Crippen LogP contribution is -2.41. The van der Waals surface area contributed by atoms with Crippen molar-refractivity contribution < 1.29 is 22.2 Å². The number of aromatic nitrogens is 1. The third-order valence-corrected chi connectivity index (χ3v) is 5.91. The fourth-order valence-electron chi connectivity index (χ4n) is 2.86. The van der Waals surface area contributed by atoms with Crippen molar-refractivity contribution in [3.63, 3.8) is 0 Å². The minimum atomic E-state index is -3.06. The molecule has 1 atom stereocenters. The van der Waals surface area contributed by atoms with Gasteiger partial charge < -0.3 is 13.8 Å². The summed E-state index contributed by atoms with van der Waals surface area (Å²) in [6.45, 7) is 2.54. The predicted molar refractivity (Wildman–Crippen MR) is 87.2 cm³/mol. The van der Waals surface area contributed by atoms with E-state index in [0.29, 0.717) is 24.5 Å². The van der Waals surface area contributed by atoms with Gasteiger partial charge >= 0.3 is 0 Å². The Kier molecular flexibility index (Phi) is 4.75. The summed E-state index contributed by atoms with van der Waals surface area (Å²) in [5.41, 5.74) is 0.168. The molecule has 0 radical (unpaired) electrons. The van der Waals surface area contributed by atoms with Crippen molar-refractivity contribution in [3.05, 3.63) is 30.2 Å². The first-order chi connectivity index (χ1) is 11.5. The van der Waals surface area contributed by atoms with E-state index in [2.05, 4.69) is 5.16 Å². The molecule has 130 valence electrons. The Morgan fingerprint density at radius 1 is 1.42 bits per heavy atom. The highest BCUT2D eigenvalue weighted by Gasteiger charge is 2.35. The smallest absolute Gasteiger partial charge is 0.276 e. The van der Waals surface area contributed by atoms with Gasteiger partial charge in [0.05, 0.1) is 17.8 Å². The Bertz CT molecular complexity index is 794. The number of unbranched alkanes of at least 4 members (excludes halogenated alkanes) is 1. The van der Waals surface area contributed by atoms with Crippen LogP contribution >= 0.6 is 0 Å². The molecule has 0 N–H and O–H groups in total. The highest BCUT2D eigenvalue weighted by molar-refractivity contribution is 7.91. The predicted octanol–water partition coefficient (Wildman–Crippen LogP) is 2.36. The average molecular weight is 352 g/mol. The van der Waals surface area contributed by atoms with Gasteiger partial charge in [-0.1, -0.05) is 18.5 Å². The van der Waals surface area contributed by atoms with Gasteiger partial charge in [0, 0.05) is 18.7 Å². The van der Waals surface area contributed by atoms with Gasteiger partial charge in [0.1, 0.15) is 0 Å². The van der Waals surface area contributed by atoms with E-state index in [1.165, 1.54) is 12.3 Å². The van der Waals surface area contributed by atoms with Crippen molar-refractivity contribution in [1.29, 1.82) is 0 Å². The van der Waals surface area contributed by atoms with Gasteiger partial charge in [-0.15, -0.1) is 0 Å². The maximum absolute atomic E-state index is 12.8. The number of hydrogen-bond acceptors (Lipinski definition) is 6. The van der Waals surface area contributed by atoms with Crippen LogP contribution in [0.15, 0.2) is 33.4 Å². The van der Waals surface area contributed by atoms with Crippen LogP contribution in [0, 0.1) is 0 Å². The van der Waals surface area contributed by atoms with E-state index < -0.39 is 9.84 Å². The first-order valence-corrected chi connectivity index (χ1v) is 9.84. The summed E-state index contributed by atoms with van der Waals surface area (Å²) in [6, 6.07) is 4.67. The van der Waals surface area contributed by atoms with E-state index in [0.717, 1.165) is 12.8 Å². The molecule has 1 unspecified atom stereocenters. The quantitative estimate of drug-likeness (QED) is 0.792. The molecule has 2 aromatic heterocycles. The summed E-state index contributed by atoms with van der Waals surface area (Å²) in [6.07, 6.45) is 3.71. The number of amides is 1. The highest BCUT2D eigenvalue weighted by atomic mass is 32.2. The minimum Gasteiger partial charge on any atom is -0.461 e. The van der Waals surface area contributed by atoms with Crippen LogP contribution < -0.4 is 0 Å². The van der Waals surface area contributed by atoms with Crippen molar-refractivity contribution >= 4 is 15.7 Å². The van der Waals surface area contributed by atoms with E-state index in [-0.39, 0.29) is 29.1 Å². The van der Waals surface area contributed by atoms with Crippen LogP contribution in [0.4, 0.5) is 0 Å². The van der Waals surface area contributed by atoms with Crippen LogP contribution in [0.1, 0.15) is 36.7 Å². The van der Waals surface area contributed by atoms with E-state index in [1.807, 2.05) is 6.92 Å². The second-order valence-electron chi connectivity index (χ2n) is 5.96. The van der Waals surface area contributed by atoms with Crippen molar-refractivity contribution in [3.8, 4) is 11.5 Å². The van der Waals surface area contributed by atoms with Gasteiger partial charge in [-0.05, 0) is 25.0 Å². The summed E-state index contributed by atoms with van der Waals surface area (Å²) in [5.74, 6) is 0.713. The molecule has 3 heterocycles. The van der Waals surface area contributed by atoms with Crippen molar-refractivity contribution in [2.75, 3.05) is 18.1 Å². The maximum Gasteiger partial charge on any atom is 0.276 e. The van der Waals surface area contributed by atoms with Crippen LogP contribution in [0.25, 0.3) is 11.5 Å². The molecule has 24 heavy (non-hydrogen) atoms. The SMILES string of the molecule is CCCCN(C(=O)c1cc(-c2ccco2)on1)C1CCS(=O)(=O)C1. The number of rotatable bonds is 6. The monoisotopic (exact) mass is 352 g/mol. The topological polar surface area (TPSA) is 93.6 Å². The van der Waals surface area contributed by atoms with E-state index in [4.69, 9.17) is 8.94 Å². The first kappa shape index (κ1) is 16.8. The van der Waals surface area contributed by atoms with Gasteiger partial charge in [-0.3, -0.25) is 4.79 Å². The molecule has 1 saturated heterocycles. The van der Waals surface area contributed by atoms with Gasteiger partial charge in [-0.25, -0.2) is 8.42 Å². The first-order valence-electron chi connectivity index (χ1n) is 8.02. The van der Waals surface area contributed by atoms with Gasteiger partial charge in [0.2, 0.25) is 5.76 Å². The Balaban J connectivity index is 1.81. The van der Waals surface area contributed by atoms with Crippen LogP contribution in [-0.2, 0) is 9.84 Å². The molecular formula is C16H20N2O5S. The Hall–Kier alpha value is -2.09. The molecule has 1 aliphatic heterocycles.